The lowest BCUT2D eigenvalue weighted by Crippen LogP contribution is -2.33. The molecule has 0 spiro atoms. The van der Waals surface area contributed by atoms with E-state index in [4.69, 9.17) is 4.98 Å². The summed E-state index contributed by atoms with van der Waals surface area (Å²) in [7, 11) is 0. The summed E-state index contributed by atoms with van der Waals surface area (Å²) < 4.78 is 1.74. The summed E-state index contributed by atoms with van der Waals surface area (Å²) in [5, 5.41) is 4.43. The molecule has 3 heterocycles. The van der Waals surface area contributed by atoms with Gasteiger partial charge in [0.1, 0.15) is 0 Å². The maximum absolute atomic E-state index is 12.9. The van der Waals surface area contributed by atoms with Crippen LogP contribution in [0.15, 0.2) is 67.1 Å². The molecule has 0 radical (unpaired) electrons. The number of hydrogen-bond acceptors (Lipinski definition) is 5. The van der Waals surface area contributed by atoms with Crippen molar-refractivity contribution in [2.75, 3.05) is 13.1 Å². The van der Waals surface area contributed by atoms with Crippen LogP contribution in [0, 0.1) is 0 Å². The molecule has 3 aromatic heterocycles. The molecule has 1 atom stereocenters. The Labute approximate surface area is 188 Å². The molecular weight excluding hydrogens is 398 g/mol. The largest absolute Gasteiger partial charge is 0.301 e. The van der Waals surface area contributed by atoms with Crippen molar-refractivity contribution in [3.05, 3.63) is 72.7 Å². The van der Waals surface area contributed by atoms with Crippen molar-refractivity contribution in [1.29, 1.82) is 0 Å². The van der Waals surface area contributed by atoms with Crippen LogP contribution in [0.4, 0.5) is 0 Å². The number of aromatic nitrogens is 4. The van der Waals surface area contributed by atoms with Crippen LogP contribution in [0.1, 0.15) is 44.0 Å². The molecule has 0 amide bonds. The van der Waals surface area contributed by atoms with Gasteiger partial charge in [0, 0.05) is 36.0 Å². The minimum Gasteiger partial charge on any atom is -0.301 e. The quantitative estimate of drug-likeness (QED) is 0.346. The van der Waals surface area contributed by atoms with Crippen LogP contribution < -0.4 is 0 Å². The molecule has 0 fully saturated rings. The first-order valence-electron chi connectivity index (χ1n) is 11.2. The fourth-order valence-corrected chi connectivity index (χ4v) is 4.08. The smallest absolute Gasteiger partial charge is 0.164 e. The highest BCUT2D eigenvalue weighted by Gasteiger charge is 2.16. The maximum Gasteiger partial charge on any atom is 0.164 e. The van der Waals surface area contributed by atoms with Crippen molar-refractivity contribution in [2.24, 2.45) is 0 Å². The van der Waals surface area contributed by atoms with E-state index in [0.29, 0.717) is 23.7 Å². The standard InChI is InChI=1S/C26H29N5O/c1-4-30(5-2)19(3)11-12-25(32)21-13-15-27-24(17-21)22-18-28-31-16-14-23(29-26(22)31)20-9-7-6-8-10-20/h6-10,13-19H,4-5,11-12H2,1-3H3. The van der Waals surface area contributed by atoms with Gasteiger partial charge in [0.05, 0.1) is 23.1 Å². The highest BCUT2D eigenvalue weighted by molar-refractivity contribution is 5.97. The van der Waals surface area contributed by atoms with Gasteiger partial charge in [-0.25, -0.2) is 9.50 Å². The van der Waals surface area contributed by atoms with Crippen molar-refractivity contribution in [1.82, 2.24) is 24.5 Å². The van der Waals surface area contributed by atoms with Gasteiger partial charge in [-0.05, 0) is 44.6 Å². The van der Waals surface area contributed by atoms with Crippen LogP contribution in [0.25, 0.3) is 28.2 Å². The van der Waals surface area contributed by atoms with E-state index in [9.17, 15) is 4.79 Å². The van der Waals surface area contributed by atoms with Gasteiger partial charge in [-0.15, -0.1) is 0 Å². The number of carbonyl (C=O) groups excluding carboxylic acids is 1. The van der Waals surface area contributed by atoms with Gasteiger partial charge in [-0.1, -0.05) is 44.2 Å². The fraction of sp³-hybridized carbons (Fsp3) is 0.308. The second-order valence-corrected chi connectivity index (χ2v) is 7.97. The fourth-order valence-electron chi connectivity index (χ4n) is 4.08. The van der Waals surface area contributed by atoms with Gasteiger partial charge in [-0.3, -0.25) is 9.78 Å². The summed E-state index contributed by atoms with van der Waals surface area (Å²) in [6.45, 7) is 8.50. The zero-order valence-electron chi connectivity index (χ0n) is 18.9. The summed E-state index contributed by atoms with van der Waals surface area (Å²) in [6.07, 6.45) is 6.72. The number of Topliss-reactive ketones (excluding diaryl/α,β-unsaturated/α-hetero) is 1. The molecule has 0 saturated heterocycles. The van der Waals surface area contributed by atoms with Crippen LogP contribution in [0.3, 0.4) is 0 Å². The Hall–Kier alpha value is -3.38. The van der Waals surface area contributed by atoms with Crippen LogP contribution in [-0.2, 0) is 0 Å². The molecule has 0 aliphatic heterocycles. The predicted molar refractivity (Wildman–Crippen MR) is 128 cm³/mol. The van der Waals surface area contributed by atoms with E-state index in [0.717, 1.165) is 42.0 Å². The molecule has 0 aliphatic rings. The third-order valence-corrected chi connectivity index (χ3v) is 6.02. The highest BCUT2D eigenvalue weighted by atomic mass is 16.1. The minimum atomic E-state index is 0.141. The molecule has 0 aliphatic carbocycles. The molecule has 0 bridgehead atoms. The Morgan fingerprint density at radius 1 is 1.06 bits per heavy atom. The Kier molecular flexibility index (Phi) is 6.71. The van der Waals surface area contributed by atoms with Crippen LogP contribution in [0.2, 0.25) is 0 Å². The second kappa shape index (κ2) is 9.83. The summed E-state index contributed by atoms with van der Waals surface area (Å²) in [5.41, 5.74) is 4.84. The molecule has 6 heteroatoms. The monoisotopic (exact) mass is 427 g/mol. The summed E-state index contributed by atoms with van der Waals surface area (Å²) in [6, 6.07) is 16.0. The van der Waals surface area contributed by atoms with E-state index >= 15 is 0 Å². The minimum absolute atomic E-state index is 0.141. The van der Waals surface area contributed by atoms with Crippen molar-refractivity contribution < 1.29 is 4.79 Å². The maximum atomic E-state index is 12.9. The average Bonchev–Trinajstić information content (AvgIpc) is 3.27. The molecule has 6 nitrogen and oxygen atoms in total. The lowest BCUT2D eigenvalue weighted by atomic mass is 10.0. The van der Waals surface area contributed by atoms with Crippen molar-refractivity contribution >= 4 is 11.4 Å². The third-order valence-electron chi connectivity index (χ3n) is 6.02. The molecular formula is C26H29N5O. The number of nitrogens with zero attached hydrogens (tertiary/aromatic N) is 5. The van der Waals surface area contributed by atoms with Gasteiger partial charge < -0.3 is 4.90 Å². The van der Waals surface area contributed by atoms with Crippen LogP contribution in [-0.4, -0.2) is 49.4 Å². The summed E-state index contributed by atoms with van der Waals surface area (Å²) in [4.78, 5) is 24.6. The normalized spacial score (nSPS) is 12.4. The van der Waals surface area contributed by atoms with Gasteiger partial charge >= 0.3 is 0 Å². The van der Waals surface area contributed by atoms with Crippen LogP contribution in [0.5, 0.6) is 0 Å². The third kappa shape index (κ3) is 4.60. The van der Waals surface area contributed by atoms with E-state index < -0.39 is 0 Å². The van der Waals surface area contributed by atoms with Gasteiger partial charge in [0.15, 0.2) is 11.4 Å². The zero-order chi connectivity index (χ0) is 22.5. The summed E-state index contributed by atoms with van der Waals surface area (Å²) >= 11 is 0. The lowest BCUT2D eigenvalue weighted by Gasteiger charge is -2.26. The van der Waals surface area contributed by atoms with E-state index in [1.807, 2.05) is 48.7 Å². The Bertz CT molecular complexity index is 1200. The van der Waals surface area contributed by atoms with Gasteiger partial charge in [0.2, 0.25) is 0 Å². The van der Waals surface area contributed by atoms with Crippen LogP contribution >= 0.6 is 0 Å². The van der Waals surface area contributed by atoms with Gasteiger partial charge in [-0.2, -0.15) is 5.10 Å². The number of fused-ring (bicyclic) bond motifs is 1. The first-order valence-corrected chi connectivity index (χ1v) is 11.2. The van der Waals surface area contributed by atoms with E-state index in [2.05, 4.69) is 35.8 Å². The number of rotatable bonds is 9. The molecule has 32 heavy (non-hydrogen) atoms. The topological polar surface area (TPSA) is 63.4 Å². The number of benzene rings is 1. The average molecular weight is 428 g/mol. The van der Waals surface area contributed by atoms with E-state index in [1.54, 1.807) is 23.0 Å². The highest BCUT2D eigenvalue weighted by Crippen LogP contribution is 2.25. The van der Waals surface area contributed by atoms with E-state index in [1.165, 1.54) is 0 Å². The SMILES string of the molecule is CCN(CC)C(C)CCC(=O)c1ccnc(-c2cnn3ccc(-c4ccccc4)nc23)c1. The Morgan fingerprint density at radius 2 is 1.84 bits per heavy atom. The zero-order valence-corrected chi connectivity index (χ0v) is 18.9. The first kappa shape index (κ1) is 21.8. The molecule has 4 aromatic rings. The molecule has 0 N–H and O–H groups in total. The Balaban J connectivity index is 1.58. The van der Waals surface area contributed by atoms with E-state index in [-0.39, 0.29) is 5.78 Å². The molecule has 164 valence electrons. The lowest BCUT2D eigenvalue weighted by molar-refractivity contribution is 0.0964. The molecule has 1 aromatic carbocycles. The first-order chi connectivity index (χ1) is 15.6. The molecule has 4 rings (SSSR count). The molecule has 1 unspecified atom stereocenters. The van der Waals surface area contributed by atoms with Crippen molar-refractivity contribution in [2.45, 2.75) is 39.7 Å². The van der Waals surface area contributed by atoms with Crippen molar-refractivity contribution in [3.63, 3.8) is 0 Å². The van der Waals surface area contributed by atoms with Crippen molar-refractivity contribution in [3.8, 4) is 22.5 Å². The van der Waals surface area contributed by atoms with Gasteiger partial charge in [0.25, 0.3) is 0 Å². The predicted octanol–water partition coefficient (Wildman–Crippen LogP) is 5.15. The molecule has 0 saturated carbocycles. The second-order valence-electron chi connectivity index (χ2n) is 7.97. The number of ketones is 1. The summed E-state index contributed by atoms with van der Waals surface area (Å²) in [5.74, 6) is 0.141. The number of carbonyl (C=O) groups is 1. The number of hydrogen-bond donors (Lipinski definition) is 0. The Morgan fingerprint density at radius 3 is 2.59 bits per heavy atom. The number of pyridine rings is 1.